The Kier molecular flexibility index (Phi) is 16.1. The number of fused-ring (bicyclic) bond motifs is 1. The Bertz CT molecular complexity index is 1550. The van der Waals surface area contributed by atoms with E-state index in [1.807, 2.05) is 24.3 Å². The van der Waals surface area contributed by atoms with E-state index in [2.05, 4.69) is 43.1 Å². The van der Waals surface area contributed by atoms with Crippen LogP contribution in [0, 0.1) is 11.3 Å². The molecular formula is C36H48N6O7. The van der Waals surface area contributed by atoms with Gasteiger partial charge in [-0.05, 0) is 87.1 Å². The lowest BCUT2D eigenvalue weighted by molar-refractivity contribution is -0.145. The maximum absolute atomic E-state index is 12.5. The van der Waals surface area contributed by atoms with Crippen molar-refractivity contribution in [3.05, 3.63) is 65.8 Å². The fourth-order valence-corrected chi connectivity index (χ4v) is 4.91. The van der Waals surface area contributed by atoms with Crippen LogP contribution in [0.4, 0.5) is 10.5 Å². The predicted molar refractivity (Wildman–Crippen MR) is 187 cm³/mol. The molecule has 1 fully saturated rings. The number of primary amides is 1. The summed E-state index contributed by atoms with van der Waals surface area (Å²) < 4.78 is 20.5. The second-order valence-electron chi connectivity index (χ2n) is 12.3. The number of anilines is 1. The number of rotatable bonds is 15. The summed E-state index contributed by atoms with van der Waals surface area (Å²) >= 11 is 0. The van der Waals surface area contributed by atoms with Gasteiger partial charge in [0.2, 0.25) is 0 Å². The molecular weight excluding hydrogens is 628 g/mol. The maximum atomic E-state index is 12.5. The van der Waals surface area contributed by atoms with Crippen LogP contribution in [0.3, 0.4) is 0 Å². The number of carbonyl (C=O) groups is 3. The third-order valence-electron chi connectivity index (χ3n) is 7.20. The van der Waals surface area contributed by atoms with Crippen LogP contribution in [0.25, 0.3) is 16.8 Å². The van der Waals surface area contributed by atoms with E-state index in [-0.39, 0.29) is 44.3 Å². The highest BCUT2D eigenvalue weighted by Crippen LogP contribution is 2.26. The van der Waals surface area contributed by atoms with E-state index in [9.17, 15) is 19.6 Å². The zero-order valence-electron chi connectivity index (χ0n) is 28.7. The number of nitriles is 1. The molecule has 4 N–H and O–H groups in total. The van der Waals surface area contributed by atoms with Gasteiger partial charge in [0.25, 0.3) is 5.91 Å². The summed E-state index contributed by atoms with van der Waals surface area (Å²) in [5.41, 5.74) is 7.23. The first kappa shape index (κ1) is 38.5. The monoisotopic (exact) mass is 676 g/mol. The summed E-state index contributed by atoms with van der Waals surface area (Å²) in [6.07, 6.45) is 8.73. The average Bonchev–Trinajstić information content (AvgIpc) is 3.60. The van der Waals surface area contributed by atoms with Crippen molar-refractivity contribution in [3.8, 4) is 6.07 Å². The van der Waals surface area contributed by atoms with E-state index in [4.69, 9.17) is 19.9 Å². The molecule has 2 aromatic carbocycles. The van der Waals surface area contributed by atoms with E-state index < -0.39 is 17.6 Å². The number of imidazole rings is 1. The number of hydrogen-bond donors (Lipinski definition) is 3. The number of ether oxygens (including phenoxy) is 4. The Balaban J connectivity index is 0.000000723. The summed E-state index contributed by atoms with van der Waals surface area (Å²) in [6, 6.07) is 14.4. The summed E-state index contributed by atoms with van der Waals surface area (Å²) in [5.74, 6) is -0.731. The van der Waals surface area contributed by atoms with Crippen molar-refractivity contribution in [3.63, 3.8) is 0 Å². The molecule has 13 nitrogen and oxygen atoms in total. The first-order valence-corrected chi connectivity index (χ1v) is 16.5. The minimum atomic E-state index is -0.725. The van der Waals surface area contributed by atoms with E-state index in [1.165, 1.54) is 24.9 Å². The number of nitrogens with zero attached hydrogens (tertiary/aromatic N) is 3. The molecule has 0 bridgehead atoms. The van der Waals surface area contributed by atoms with Crippen molar-refractivity contribution < 1.29 is 33.3 Å². The zero-order chi connectivity index (χ0) is 35.5. The van der Waals surface area contributed by atoms with Gasteiger partial charge in [-0.25, -0.2) is 9.78 Å². The number of nitrogens with one attached hydrogen (secondary N) is 2. The van der Waals surface area contributed by atoms with Crippen molar-refractivity contribution in [2.24, 2.45) is 5.73 Å². The van der Waals surface area contributed by atoms with E-state index in [0.717, 1.165) is 35.1 Å². The fourth-order valence-electron chi connectivity index (χ4n) is 4.91. The number of esters is 1. The van der Waals surface area contributed by atoms with Crippen LogP contribution in [0.5, 0.6) is 0 Å². The van der Waals surface area contributed by atoms with Gasteiger partial charge >= 0.3 is 12.1 Å². The minimum absolute atomic E-state index is 0.0386. The molecule has 2 amide bonds. The van der Waals surface area contributed by atoms with Crippen molar-refractivity contribution in [2.75, 3.05) is 57.6 Å². The van der Waals surface area contributed by atoms with Gasteiger partial charge in [0.05, 0.1) is 39.2 Å². The SMILES string of the molecule is CC(C)(C)OC(N)=O.N#C/C(=C\c1ccc2cc(N3CCCCC3)ccc2c1)C(=O)NCCOCCOCCOC(=O)CCc1cnc[nH]1. The Hall–Kier alpha value is -4.93. The van der Waals surface area contributed by atoms with Crippen molar-refractivity contribution in [2.45, 2.75) is 58.5 Å². The first-order valence-electron chi connectivity index (χ1n) is 16.5. The number of aromatic nitrogens is 2. The van der Waals surface area contributed by atoms with Gasteiger partial charge in [-0.1, -0.05) is 18.2 Å². The van der Waals surface area contributed by atoms with Crippen molar-refractivity contribution >= 4 is 40.5 Å². The average molecular weight is 677 g/mol. The van der Waals surface area contributed by atoms with E-state index in [0.29, 0.717) is 19.6 Å². The number of nitrogens with two attached hydrogens (primary N) is 1. The smallest absolute Gasteiger partial charge is 0.405 e. The molecule has 49 heavy (non-hydrogen) atoms. The summed E-state index contributed by atoms with van der Waals surface area (Å²) in [4.78, 5) is 43.5. The number of aromatic amines is 1. The van der Waals surface area contributed by atoms with Crippen LogP contribution >= 0.6 is 0 Å². The number of amides is 2. The van der Waals surface area contributed by atoms with Crippen LogP contribution in [-0.4, -0.2) is 86.2 Å². The molecule has 0 atom stereocenters. The molecule has 13 heteroatoms. The van der Waals surface area contributed by atoms with Crippen LogP contribution in [-0.2, 0) is 35.0 Å². The second-order valence-corrected chi connectivity index (χ2v) is 12.3. The molecule has 1 aliphatic rings. The molecule has 1 aromatic heterocycles. The number of hydrogen-bond acceptors (Lipinski definition) is 10. The Labute approximate surface area is 287 Å². The molecule has 1 saturated heterocycles. The Morgan fingerprint density at radius 2 is 1.69 bits per heavy atom. The summed E-state index contributed by atoms with van der Waals surface area (Å²) in [5, 5.41) is 14.5. The molecule has 0 radical (unpaired) electrons. The lowest BCUT2D eigenvalue weighted by atomic mass is 10.0. The van der Waals surface area contributed by atoms with Gasteiger partial charge in [0, 0.05) is 37.2 Å². The predicted octanol–water partition coefficient (Wildman–Crippen LogP) is 4.67. The van der Waals surface area contributed by atoms with Gasteiger partial charge < -0.3 is 39.9 Å². The molecule has 0 unspecified atom stereocenters. The number of carbonyl (C=O) groups excluding carboxylic acids is 3. The highest BCUT2D eigenvalue weighted by Gasteiger charge is 2.13. The minimum Gasteiger partial charge on any atom is -0.463 e. The molecule has 264 valence electrons. The lowest BCUT2D eigenvalue weighted by Gasteiger charge is -2.29. The molecule has 0 spiro atoms. The lowest BCUT2D eigenvalue weighted by Crippen LogP contribution is -2.29. The van der Waals surface area contributed by atoms with Gasteiger partial charge in [0.1, 0.15) is 23.9 Å². The molecule has 4 rings (SSSR count). The first-order chi connectivity index (χ1) is 23.5. The fraction of sp³-hybridized carbons (Fsp3) is 0.472. The van der Waals surface area contributed by atoms with Gasteiger partial charge in [0.15, 0.2) is 0 Å². The van der Waals surface area contributed by atoms with Crippen LogP contribution < -0.4 is 16.0 Å². The van der Waals surface area contributed by atoms with E-state index >= 15 is 0 Å². The second kappa shape index (κ2) is 20.4. The third kappa shape index (κ3) is 15.2. The van der Waals surface area contributed by atoms with Crippen LogP contribution in [0.15, 0.2) is 54.5 Å². The molecule has 1 aliphatic heterocycles. The normalized spacial score (nSPS) is 13.2. The maximum Gasteiger partial charge on any atom is 0.405 e. The quantitative estimate of drug-likeness (QED) is 0.0886. The van der Waals surface area contributed by atoms with Gasteiger partial charge in [-0.2, -0.15) is 5.26 Å². The molecule has 0 saturated carbocycles. The largest absolute Gasteiger partial charge is 0.463 e. The summed E-state index contributed by atoms with van der Waals surface area (Å²) in [7, 11) is 0. The summed E-state index contributed by atoms with van der Waals surface area (Å²) in [6.45, 7) is 9.16. The highest BCUT2D eigenvalue weighted by atomic mass is 16.6. The Morgan fingerprint density at radius 1 is 1.00 bits per heavy atom. The van der Waals surface area contributed by atoms with Crippen LogP contribution in [0.1, 0.15) is 57.7 Å². The van der Waals surface area contributed by atoms with Crippen LogP contribution in [0.2, 0.25) is 0 Å². The highest BCUT2D eigenvalue weighted by molar-refractivity contribution is 6.02. The molecule has 2 heterocycles. The van der Waals surface area contributed by atoms with Crippen molar-refractivity contribution in [1.82, 2.24) is 15.3 Å². The molecule has 0 aliphatic carbocycles. The topological polar surface area (TPSA) is 182 Å². The van der Waals surface area contributed by atoms with Crippen molar-refractivity contribution in [1.29, 1.82) is 5.26 Å². The number of H-pyrrole nitrogens is 1. The standard InChI is InChI=1S/C31H37N5O5.C5H11NO2/c32-21-27(19-24-4-5-26-20-29(8-6-25(26)18-24)36-11-2-1-3-12-36)31(38)34-10-13-39-14-15-40-16-17-41-30(37)9-7-28-22-33-23-35-28;1-5(2,3)8-4(6)7/h4-6,8,18-20,22-23H,1-3,7,9-17H2,(H,33,35)(H,34,38);1-3H3,(H2,6,7)/b27-19+;. The molecule has 3 aromatic rings. The number of piperidine rings is 1. The number of benzene rings is 2. The third-order valence-corrected chi connectivity index (χ3v) is 7.20. The Morgan fingerprint density at radius 3 is 2.35 bits per heavy atom. The number of aryl methyl sites for hydroxylation is 1. The zero-order valence-corrected chi connectivity index (χ0v) is 28.7. The van der Waals surface area contributed by atoms with Gasteiger partial charge in [-0.3, -0.25) is 9.59 Å². The van der Waals surface area contributed by atoms with E-state index in [1.54, 1.807) is 39.4 Å². The van der Waals surface area contributed by atoms with Gasteiger partial charge in [-0.15, -0.1) is 0 Å².